The number of nitrogens with zero attached hydrogens (tertiary/aromatic N) is 3. The smallest absolute Gasteiger partial charge is 0.261 e. The van der Waals surface area contributed by atoms with Gasteiger partial charge in [-0.3, -0.25) is 22.2 Å². The molecule has 5 aromatic rings. The number of rotatable bonds is 7. The largest absolute Gasteiger partial charge is 0.370 e. The normalized spacial score (nSPS) is 13.7. The summed E-state index contributed by atoms with van der Waals surface area (Å²) < 4.78 is 57.8. The number of aryl methyl sites for hydroxylation is 2. The number of benzene rings is 3. The minimum Gasteiger partial charge on any atom is -0.370 e. The third-order valence-corrected chi connectivity index (χ3v) is 11.9. The van der Waals surface area contributed by atoms with Crippen molar-refractivity contribution in [3.63, 3.8) is 0 Å². The van der Waals surface area contributed by atoms with Crippen molar-refractivity contribution in [2.24, 2.45) is 14.1 Å². The number of aromatic nitrogens is 2. The van der Waals surface area contributed by atoms with E-state index in [1.165, 1.54) is 24.6 Å². The first kappa shape index (κ1) is 34.4. The number of piperidine rings is 1. The Morgan fingerprint density at radius 1 is 0.733 bits per heavy atom. The maximum atomic E-state index is 13.0. The summed E-state index contributed by atoms with van der Waals surface area (Å²) in [5.41, 5.74) is 2.94. The van der Waals surface area contributed by atoms with Crippen molar-refractivity contribution < 1.29 is 16.8 Å². The lowest BCUT2D eigenvalue weighted by atomic mass is 10.1. The lowest BCUT2D eigenvalue weighted by molar-refractivity contribution is 0.578. The molecule has 45 heavy (non-hydrogen) atoms. The van der Waals surface area contributed by atoms with Gasteiger partial charge in [0.05, 0.1) is 43.0 Å². The zero-order valence-electron chi connectivity index (χ0n) is 24.4. The van der Waals surface area contributed by atoms with E-state index < -0.39 is 20.0 Å². The topological polar surface area (TPSA) is 140 Å². The Morgan fingerprint density at radius 3 is 1.78 bits per heavy atom. The molecule has 11 nitrogen and oxygen atoms in total. The molecule has 0 spiro atoms. The monoisotopic (exact) mass is 691 g/mol. The molecule has 15 heteroatoms. The van der Waals surface area contributed by atoms with Gasteiger partial charge in [0.2, 0.25) is 10.0 Å². The van der Waals surface area contributed by atoms with Gasteiger partial charge in [-0.25, -0.2) is 21.6 Å². The van der Waals surface area contributed by atoms with E-state index in [-0.39, 0.29) is 26.7 Å². The van der Waals surface area contributed by atoms with Crippen molar-refractivity contribution in [2.75, 3.05) is 29.3 Å². The summed E-state index contributed by atoms with van der Waals surface area (Å²) in [5.74, 6) is 0. The molecule has 1 aliphatic rings. The van der Waals surface area contributed by atoms with Crippen LogP contribution in [0.2, 0.25) is 0 Å². The summed E-state index contributed by atoms with van der Waals surface area (Å²) in [6, 6.07) is 16.7. The van der Waals surface area contributed by atoms with Crippen molar-refractivity contribution in [1.82, 2.24) is 12.6 Å². The Bertz CT molecular complexity index is 2160. The van der Waals surface area contributed by atoms with Gasteiger partial charge in [-0.1, -0.05) is 26.5 Å². The number of hydrogen-bond donors (Lipinski definition) is 2. The highest BCUT2D eigenvalue weighted by Gasteiger charge is 2.21. The molecule has 6 rings (SSSR count). The first-order valence-corrected chi connectivity index (χ1v) is 18.5. The minimum absolute atomic E-state index is 0. The lowest BCUT2D eigenvalue weighted by Crippen LogP contribution is -2.30. The fourth-order valence-electron chi connectivity index (χ4n) is 5.13. The van der Waals surface area contributed by atoms with Gasteiger partial charge in [0.1, 0.15) is 0 Å². The molecule has 0 radical (unpaired) electrons. The van der Waals surface area contributed by atoms with Crippen LogP contribution in [0.4, 0.5) is 11.4 Å². The van der Waals surface area contributed by atoms with E-state index in [1.54, 1.807) is 53.2 Å². The molecule has 1 aliphatic heterocycles. The van der Waals surface area contributed by atoms with Gasteiger partial charge in [-0.05, 0) is 90.9 Å². The maximum absolute atomic E-state index is 13.0. The number of sulfonamides is 2. The van der Waals surface area contributed by atoms with Crippen molar-refractivity contribution in [3.8, 4) is 0 Å². The van der Waals surface area contributed by atoms with Gasteiger partial charge in [0.15, 0.2) is 0 Å². The van der Waals surface area contributed by atoms with E-state index in [2.05, 4.69) is 14.3 Å². The molecule has 3 heterocycles. The summed E-state index contributed by atoms with van der Waals surface area (Å²) in [6.07, 6.45) is 3.43. The third kappa shape index (κ3) is 7.33. The summed E-state index contributed by atoms with van der Waals surface area (Å²) >= 11 is 2.13. The van der Waals surface area contributed by atoms with Crippen LogP contribution in [0, 0.1) is 0 Å². The Hall–Kier alpha value is -3.50. The molecule has 0 aliphatic carbocycles. The van der Waals surface area contributed by atoms with Crippen LogP contribution in [-0.2, 0) is 34.1 Å². The summed E-state index contributed by atoms with van der Waals surface area (Å²) in [4.78, 5) is 26.1. The number of para-hydroxylation sites is 2. The second-order valence-corrected chi connectivity index (χ2v) is 15.9. The predicted octanol–water partition coefficient (Wildman–Crippen LogP) is 4.93. The molecule has 1 saturated heterocycles. The van der Waals surface area contributed by atoms with Crippen LogP contribution in [0.15, 0.2) is 80.0 Å². The molecule has 0 unspecified atom stereocenters. The zero-order valence-corrected chi connectivity index (χ0v) is 27.7. The minimum atomic E-state index is -3.79. The average molecular weight is 692 g/mol. The Balaban J connectivity index is 0.000000222. The van der Waals surface area contributed by atoms with E-state index in [0.29, 0.717) is 23.0 Å². The van der Waals surface area contributed by atoms with Crippen LogP contribution in [0.25, 0.3) is 21.8 Å². The third-order valence-electron chi connectivity index (χ3n) is 7.29. The highest BCUT2D eigenvalue weighted by atomic mass is 32.2. The molecule has 2 N–H and O–H groups in total. The van der Waals surface area contributed by atoms with Gasteiger partial charge in [-0.2, -0.15) is 0 Å². The second-order valence-electron chi connectivity index (χ2n) is 10.3. The van der Waals surface area contributed by atoms with Crippen LogP contribution in [-0.4, -0.2) is 44.4 Å². The Labute approximate surface area is 271 Å². The molecule has 242 valence electrons. The number of fused-ring (bicyclic) bond motifs is 2. The quantitative estimate of drug-likeness (QED) is 0.247. The summed E-state index contributed by atoms with van der Waals surface area (Å²) in [7, 11) is -3.74. The Kier molecular flexibility index (Phi) is 10.6. The molecule has 3 aromatic carbocycles. The highest BCUT2D eigenvalue weighted by molar-refractivity contribution is 7.92. The van der Waals surface area contributed by atoms with Gasteiger partial charge in [0, 0.05) is 33.7 Å². The van der Waals surface area contributed by atoms with Gasteiger partial charge >= 0.3 is 0 Å². The van der Waals surface area contributed by atoms with Gasteiger partial charge < -0.3 is 4.90 Å². The Morgan fingerprint density at radius 2 is 1.24 bits per heavy atom. The number of nitrogens with one attached hydrogen (secondary N) is 2. The van der Waals surface area contributed by atoms with Crippen LogP contribution >= 0.6 is 23.1 Å². The maximum Gasteiger partial charge on any atom is 0.261 e. The summed E-state index contributed by atoms with van der Waals surface area (Å²) in [5, 5.41) is 0.867. The summed E-state index contributed by atoms with van der Waals surface area (Å²) in [6.45, 7) is 3.88. The molecule has 1 fully saturated rings. The lowest BCUT2D eigenvalue weighted by Gasteiger charge is -2.30. The molecule has 0 bridgehead atoms. The van der Waals surface area contributed by atoms with E-state index in [1.807, 2.05) is 18.2 Å². The van der Waals surface area contributed by atoms with Crippen molar-refractivity contribution in [3.05, 3.63) is 79.7 Å². The number of anilines is 2. The first-order chi connectivity index (χ1) is 20.9. The van der Waals surface area contributed by atoms with E-state index in [9.17, 15) is 26.4 Å². The average Bonchev–Trinajstić information content (AvgIpc) is 3.46. The van der Waals surface area contributed by atoms with Crippen molar-refractivity contribution in [2.45, 2.75) is 43.4 Å². The second kappa shape index (κ2) is 13.9. The fourth-order valence-corrected chi connectivity index (χ4v) is 8.84. The van der Waals surface area contributed by atoms with Crippen LogP contribution in [0.1, 0.15) is 33.6 Å². The SMILES string of the molecule is C.CCNS(=O)(=O)c1ccc2c(c1)c(=O)sn2C.Cn1sc(=O)c2cc(S(=O)(=O)Nc3ccccc3N3CCCCC3)ccc21. The molecular formula is C30H37N5O6S4. The van der Waals surface area contributed by atoms with Crippen LogP contribution < -0.4 is 23.8 Å². The molecule has 2 aromatic heterocycles. The van der Waals surface area contributed by atoms with E-state index in [0.717, 1.165) is 65.7 Å². The first-order valence-electron chi connectivity index (χ1n) is 14.0. The van der Waals surface area contributed by atoms with Crippen LogP contribution in [0.5, 0.6) is 0 Å². The zero-order chi connectivity index (χ0) is 31.6. The molecule has 0 atom stereocenters. The number of hydrogen-bond acceptors (Lipinski definition) is 9. The van der Waals surface area contributed by atoms with E-state index >= 15 is 0 Å². The van der Waals surface area contributed by atoms with Crippen LogP contribution in [0.3, 0.4) is 0 Å². The highest BCUT2D eigenvalue weighted by Crippen LogP contribution is 2.30. The molecule has 0 amide bonds. The van der Waals surface area contributed by atoms with Gasteiger partial charge in [0.25, 0.3) is 19.5 Å². The van der Waals surface area contributed by atoms with Crippen molar-refractivity contribution >= 4 is 76.3 Å². The van der Waals surface area contributed by atoms with E-state index in [4.69, 9.17) is 0 Å². The van der Waals surface area contributed by atoms with Crippen molar-refractivity contribution in [1.29, 1.82) is 0 Å². The predicted molar refractivity (Wildman–Crippen MR) is 185 cm³/mol. The molecular weight excluding hydrogens is 655 g/mol. The fraction of sp³-hybridized carbons (Fsp3) is 0.333. The van der Waals surface area contributed by atoms with Gasteiger partial charge in [-0.15, -0.1) is 0 Å². The molecule has 0 saturated carbocycles. The standard InChI is InChI=1S/C19H21N3O3S2.C10H12N2O3S2.CH4/c1-21-17-10-9-14(13-15(17)19(23)26-21)27(24,25)20-16-7-3-4-8-18(16)22-11-5-2-6-12-22;1-3-11-17(14,15)7-4-5-9-8(6-7)10(13)16-12(9)2;/h3-4,7-10,13,20H,2,5-6,11-12H2,1H3;4-6,11H,3H2,1-2H3;1H4.